The lowest BCUT2D eigenvalue weighted by Gasteiger charge is -2.22. The van der Waals surface area contributed by atoms with Gasteiger partial charge < -0.3 is 15.4 Å². The Kier molecular flexibility index (Phi) is 7.23. The third kappa shape index (κ3) is 5.71. The van der Waals surface area contributed by atoms with E-state index in [0.717, 1.165) is 25.7 Å². The molecule has 0 spiro atoms. The lowest BCUT2D eigenvalue weighted by atomic mass is 9.95. The molecule has 2 N–H and O–H groups in total. The van der Waals surface area contributed by atoms with E-state index in [2.05, 4.69) is 10.6 Å². The van der Waals surface area contributed by atoms with Crippen LogP contribution in [-0.2, 0) is 4.79 Å². The van der Waals surface area contributed by atoms with Crippen LogP contribution < -0.4 is 15.4 Å². The van der Waals surface area contributed by atoms with Crippen molar-refractivity contribution >= 4 is 23.6 Å². The lowest BCUT2D eigenvalue weighted by molar-refractivity contribution is -0.117. The SMILES string of the molecule is COc1ccc(C(=O)Nc2cccc(/C=C(\C#N)C(=O)NC3CCCCC3)c2)cc1. The summed E-state index contributed by atoms with van der Waals surface area (Å²) in [5.74, 6) is 0.0700. The number of methoxy groups -OCH3 is 1. The van der Waals surface area contributed by atoms with Gasteiger partial charge in [0.1, 0.15) is 17.4 Å². The van der Waals surface area contributed by atoms with Crippen LogP contribution in [0.4, 0.5) is 5.69 Å². The molecule has 0 heterocycles. The van der Waals surface area contributed by atoms with Gasteiger partial charge in [-0.3, -0.25) is 9.59 Å². The maximum Gasteiger partial charge on any atom is 0.262 e. The molecular weight excluding hydrogens is 378 g/mol. The number of hydrogen-bond acceptors (Lipinski definition) is 4. The van der Waals surface area contributed by atoms with E-state index in [1.165, 1.54) is 6.42 Å². The standard InChI is InChI=1S/C24H25N3O3/c1-30-22-12-10-18(11-13-22)23(28)27-21-9-5-6-17(15-21)14-19(16-25)24(29)26-20-7-3-2-4-8-20/h5-6,9-15,20H,2-4,7-8H2,1H3,(H,26,29)(H,27,28)/b19-14+. The van der Waals surface area contributed by atoms with Gasteiger partial charge >= 0.3 is 0 Å². The molecule has 30 heavy (non-hydrogen) atoms. The first-order valence-electron chi connectivity index (χ1n) is 10.1. The van der Waals surface area contributed by atoms with Gasteiger partial charge in [0.2, 0.25) is 0 Å². The highest BCUT2D eigenvalue weighted by molar-refractivity contribution is 6.05. The smallest absolute Gasteiger partial charge is 0.262 e. The number of amides is 2. The Hall–Kier alpha value is -3.59. The largest absolute Gasteiger partial charge is 0.497 e. The Bertz CT molecular complexity index is 968. The first kappa shape index (κ1) is 21.1. The van der Waals surface area contributed by atoms with Crippen molar-refractivity contribution in [1.82, 2.24) is 5.32 Å². The van der Waals surface area contributed by atoms with E-state index in [1.54, 1.807) is 61.7 Å². The summed E-state index contributed by atoms with van der Waals surface area (Å²) in [6.07, 6.45) is 6.86. The Morgan fingerprint density at radius 3 is 2.50 bits per heavy atom. The molecule has 0 aromatic heterocycles. The number of rotatable bonds is 6. The average molecular weight is 403 g/mol. The van der Waals surface area contributed by atoms with Crippen LogP contribution in [0.3, 0.4) is 0 Å². The normalized spacial score (nSPS) is 14.5. The van der Waals surface area contributed by atoms with Gasteiger partial charge in [0.25, 0.3) is 11.8 Å². The fourth-order valence-corrected chi connectivity index (χ4v) is 3.48. The fraction of sp³-hybridized carbons (Fsp3) is 0.292. The van der Waals surface area contributed by atoms with Crippen molar-refractivity contribution in [2.45, 2.75) is 38.1 Å². The number of anilines is 1. The van der Waals surface area contributed by atoms with Gasteiger partial charge in [0, 0.05) is 17.3 Å². The van der Waals surface area contributed by atoms with Crippen LogP contribution in [0, 0.1) is 11.3 Å². The van der Waals surface area contributed by atoms with Crippen LogP contribution >= 0.6 is 0 Å². The van der Waals surface area contributed by atoms with Gasteiger partial charge in [0.15, 0.2) is 0 Å². The quantitative estimate of drug-likeness (QED) is 0.556. The molecule has 1 aliphatic rings. The minimum absolute atomic E-state index is 0.0548. The van der Waals surface area contributed by atoms with Crippen molar-refractivity contribution in [3.8, 4) is 11.8 Å². The fourth-order valence-electron chi connectivity index (χ4n) is 3.48. The molecule has 0 atom stereocenters. The predicted octanol–water partition coefficient (Wildman–Crippen LogP) is 4.30. The molecule has 154 valence electrons. The summed E-state index contributed by atoms with van der Waals surface area (Å²) in [7, 11) is 1.57. The number of nitriles is 1. The molecule has 2 aromatic carbocycles. The van der Waals surface area contributed by atoms with Crippen LogP contribution in [0.1, 0.15) is 48.0 Å². The second kappa shape index (κ2) is 10.3. The highest BCUT2D eigenvalue weighted by Gasteiger charge is 2.18. The van der Waals surface area contributed by atoms with E-state index >= 15 is 0 Å². The molecule has 1 saturated carbocycles. The summed E-state index contributed by atoms with van der Waals surface area (Å²) in [4.78, 5) is 24.9. The average Bonchev–Trinajstić information content (AvgIpc) is 2.78. The number of ether oxygens (including phenoxy) is 1. The van der Waals surface area contributed by atoms with Crippen molar-refractivity contribution in [1.29, 1.82) is 5.26 Å². The summed E-state index contributed by atoms with van der Waals surface area (Å²) in [6.45, 7) is 0. The highest BCUT2D eigenvalue weighted by Crippen LogP contribution is 2.19. The summed E-state index contributed by atoms with van der Waals surface area (Å²) in [6, 6.07) is 16.0. The number of carbonyl (C=O) groups is 2. The first-order chi connectivity index (χ1) is 14.6. The molecular formula is C24H25N3O3. The monoisotopic (exact) mass is 403 g/mol. The molecule has 6 nitrogen and oxygen atoms in total. The minimum atomic E-state index is -0.350. The Labute approximate surface area is 176 Å². The minimum Gasteiger partial charge on any atom is -0.497 e. The Morgan fingerprint density at radius 2 is 1.83 bits per heavy atom. The van der Waals surface area contributed by atoms with E-state index in [-0.39, 0.29) is 23.4 Å². The first-order valence-corrected chi connectivity index (χ1v) is 10.1. The maximum absolute atomic E-state index is 12.5. The Balaban J connectivity index is 1.68. The number of hydrogen-bond donors (Lipinski definition) is 2. The molecule has 0 saturated heterocycles. The summed E-state index contributed by atoms with van der Waals surface area (Å²) in [5.41, 5.74) is 1.80. The van der Waals surface area contributed by atoms with Gasteiger partial charge in [-0.25, -0.2) is 0 Å². The van der Waals surface area contributed by atoms with Crippen LogP contribution in [0.25, 0.3) is 6.08 Å². The predicted molar refractivity (Wildman–Crippen MR) is 116 cm³/mol. The van der Waals surface area contributed by atoms with Crippen molar-refractivity contribution in [3.63, 3.8) is 0 Å². The molecule has 0 unspecified atom stereocenters. The van der Waals surface area contributed by atoms with Crippen LogP contribution in [0.5, 0.6) is 5.75 Å². The number of carbonyl (C=O) groups excluding carboxylic acids is 2. The van der Waals surface area contributed by atoms with E-state index in [0.29, 0.717) is 22.6 Å². The molecule has 2 aromatic rings. The van der Waals surface area contributed by atoms with Crippen molar-refractivity contribution in [3.05, 3.63) is 65.2 Å². The zero-order valence-corrected chi connectivity index (χ0v) is 17.0. The zero-order valence-electron chi connectivity index (χ0n) is 17.0. The molecule has 2 amide bonds. The third-order valence-corrected chi connectivity index (χ3v) is 5.11. The van der Waals surface area contributed by atoms with Gasteiger partial charge in [-0.1, -0.05) is 31.4 Å². The highest BCUT2D eigenvalue weighted by atomic mass is 16.5. The maximum atomic E-state index is 12.5. The molecule has 3 rings (SSSR count). The third-order valence-electron chi connectivity index (χ3n) is 5.11. The summed E-state index contributed by atoms with van der Waals surface area (Å²) < 4.78 is 5.10. The number of nitrogens with zero attached hydrogens (tertiary/aromatic N) is 1. The lowest BCUT2D eigenvalue weighted by Crippen LogP contribution is -2.36. The topological polar surface area (TPSA) is 91.2 Å². The molecule has 0 bridgehead atoms. The van der Waals surface area contributed by atoms with Gasteiger partial charge in [-0.2, -0.15) is 5.26 Å². The van der Waals surface area contributed by atoms with Crippen molar-refractivity contribution < 1.29 is 14.3 Å². The second-order valence-corrected chi connectivity index (χ2v) is 7.29. The molecule has 1 fully saturated rings. The van der Waals surface area contributed by atoms with E-state index in [4.69, 9.17) is 4.74 Å². The van der Waals surface area contributed by atoms with Gasteiger partial charge in [-0.05, 0) is 60.9 Å². The zero-order chi connectivity index (χ0) is 21.3. The van der Waals surface area contributed by atoms with Gasteiger partial charge in [0.05, 0.1) is 7.11 Å². The number of nitrogens with one attached hydrogen (secondary N) is 2. The van der Waals surface area contributed by atoms with E-state index in [9.17, 15) is 14.9 Å². The van der Waals surface area contributed by atoms with Crippen molar-refractivity contribution in [2.24, 2.45) is 0 Å². The van der Waals surface area contributed by atoms with E-state index < -0.39 is 0 Å². The molecule has 1 aliphatic carbocycles. The summed E-state index contributed by atoms with van der Waals surface area (Å²) in [5, 5.41) is 15.2. The molecule has 0 aliphatic heterocycles. The molecule has 6 heteroatoms. The van der Waals surface area contributed by atoms with E-state index in [1.807, 2.05) is 6.07 Å². The van der Waals surface area contributed by atoms with Crippen LogP contribution in [0.2, 0.25) is 0 Å². The van der Waals surface area contributed by atoms with Gasteiger partial charge in [-0.15, -0.1) is 0 Å². The van der Waals surface area contributed by atoms with Crippen LogP contribution in [0.15, 0.2) is 54.1 Å². The Morgan fingerprint density at radius 1 is 1.10 bits per heavy atom. The summed E-state index contributed by atoms with van der Waals surface area (Å²) >= 11 is 0. The second-order valence-electron chi connectivity index (χ2n) is 7.29. The van der Waals surface area contributed by atoms with Crippen LogP contribution in [-0.4, -0.2) is 25.0 Å². The molecule has 0 radical (unpaired) electrons. The van der Waals surface area contributed by atoms with Crippen molar-refractivity contribution in [2.75, 3.05) is 12.4 Å². The number of benzene rings is 2.